The highest BCUT2D eigenvalue weighted by Gasteiger charge is 2.08. The summed E-state index contributed by atoms with van der Waals surface area (Å²) in [4.78, 5) is 16.2. The maximum absolute atomic E-state index is 12.0. The lowest BCUT2D eigenvalue weighted by atomic mass is 10.1. The number of nitrogens with zero attached hydrogens (tertiary/aromatic N) is 1. The SMILES string of the molecule is CCCNC(=NC)NCc1ccc(C(=O)NC(C)CC)cc1. The number of guanidine groups is 1. The zero-order valence-corrected chi connectivity index (χ0v) is 14.1. The van der Waals surface area contributed by atoms with E-state index in [2.05, 4.69) is 34.8 Å². The van der Waals surface area contributed by atoms with Crippen molar-refractivity contribution in [1.29, 1.82) is 0 Å². The van der Waals surface area contributed by atoms with Crippen molar-refractivity contribution in [2.24, 2.45) is 4.99 Å². The molecule has 1 rings (SSSR count). The number of carbonyl (C=O) groups is 1. The van der Waals surface area contributed by atoms with E-state index in [1.807, 2.05) is 31.2 Å². The third-order valence-electron chi connectivity index (χ3n) is 3.43. The van der Waals surface area contributed by atoms with Crippen LogP contribution in [-0.4, -0.2) is 31.5 Å². The molecule has 0 aliphatic carbocycles. The van der Waals surface area contributed by atoms with Crippen molar-refractivity contribution in [1.82, 2.24) is 16.0 Å². The summed E-state index contributed by atoms with van der Waals surface area (Å²) in [6.45, 7) is 7.75. The molecule has 0 heterocycles. The molecule has 1 unspecified atom stereocenters. The summed E-state index contributed by atoms with van der Waals surface area (Å²) in [5.41, 5.74) is 1.80. The Morgan fingerprint density at radius 3 is 2.41 bits per heavy atom. The summed E-state index contributed by atoms with van der Waals surface area (Å²) in [6, 6.07) is 7.84. The van der Waals surface area contributed by atoms with Crippen LogP contribution < -0.4 is 16.0 Å². The molecule has 5 heteroatoms. The average molecular weight is 304 g/mol. The molecule has 0 saturated carbocycles. The van der Waals surface area contributed by atoms with Crippen molar-refractivity contribution in [2.45, 2.75) is 46.2 Å². The van der Waals surface area contributed by atoms with E-state index in [1.54, 1.807) is 7.05 Å². The Kier molecular flexibility index (Phi) is 8.04. The molecule has 0 saturated heterocycles. The Morgan fingerprint density at radius 1 is 1.18 bits per heavy atom. The van der Waals surface area contributed by atoms with Crippen LogP contribution in [0.3, 0.4) is 0 Å². The van der Waals surface area contributed by atoms with Gasteiger partial charge in [0.05, 0.1) is 0 Å². The molecule has 0 aliphatic rings. The number of amides is 1. The van der Waals surface area contributed by atoms with Gasteiger partial charge in [0.15, 0.2) is 5.96 Å². The molecule has 0 aliphatic heterocycles. The first-order chi connectivity index (χ1) is 10.6. The van der Waals surface area contributed by atoms with Crippen LogP contribution in [0.2, 0.25) is 0 Å². The van der Waals surface area contributed by atoms with Gasteiger partial charge < -0.3 is 16.0 Å². The molecule has 3 N–H and O–H groups in total. The summed E-state index contributed by atoms with van der Waals surface area (Å²) < 4.78 is 0. The Hall–Kier alpha value is -2.04. The van der Waals surface area contributed by atoms with Crippen LogP contribution in [0.25, 0.3) is 0 Å². The van der Waals surface area contributed by atoms with Gasteiger partial charge in [0.25, 0.3) is 5.91 Å². The lowest BCUT2D eigenvalue weighted by Gasteiger charge is -2.13. The highest BCUT2D eigenvalue weighted by molar-refractivity contribution is 5.94. The van der Waals surface area contributed by atoms with Crippen molar-refractivity contribution < 1.29 is 4.79 Å². The van der Waals surface area contributed by atoms with Gasteiger partial charge in [-0.2, -0.15) is 0 Å². The van der Waals surface area contributed by atoms with Crippen molar-refractivity contribution in [3.05, 3.63) is 35.4 Å². The molecular weight excluding hydrogens is 276 g/mol. The summed E-state index contributed by atoms with van der Waals surface area (Å²) in [5.74, 6) is 0.773. The fraction of sp³-hybridized carbons (Fsp3) is 0.529. The Labute approximate surface area is 133 Å². The Bertz CT molecular complexity index is 482. The van der Waals surface area contributed by atoms with Gasteiger partial charge in [-0.3, -0.25) is 9.79 Å². The van der Waals surface area contributed by atoms with E-state index in [-0.39, 0.29) is 11.9 Å². The first-order valence-electron chi connectivity index (χ1n) is 7.95. The molecule has 1 aromatic rings. The number of hydrogen-bond donors (Lipinski definition) is 3. The number of carbonyl (C=O) groups excluding carboxylic acids is 1. The van der Waals surface area contributed by atoms with E-state index in [0.717, 1.165) is 30.9 Å². The quantitative estimate of drug-likeness (QED) is 0.535. The average Bonchev–Trinajstić information content (AvgIpc) is 2.55. The minimum atomic E-state index is -0.0192. The van der Waals surface area contributed by atoms with Crippen molar-refractivity contribution in [2.75, 3.05) is 13.6 Å². The van der Waals surface area contributed by atoms with Gasteiger partial charge in [0.1, 0.15) is 0 Å². The van der Waals surface area contributed by atoms with E-state index in [9.17, 15) is 4.79 Å². The molecule has 0 radical (unpaired) electrons. The van der Waals surface area contributed by atoms with Gasteiger partial charge in [0, 0.05) is 31.7 Å². The first-order valence-corrected chi connectivity index (χ1v) is 7.95. The molecule has 0 aromatic heterocycles. The van der Waals surface area contributed by atoms with Crippen LogP contribution in [0.4, 0.5) is 0 Å². The number of hydrogen-bond acceptors (Lipinski definition) is 2. The highest BCUT2D eigenvalue weighted by Crippen LogP contribution is 2.05. The third kappa shape index (κ3) is 6.16. The standard InChI is InChI=1S/C17H28N4O/c1-5-11-19-17(18-4)20-12-14-7-9-15(10-8-14)16(22)21-13(3)6-2/h7-10,13H,5-6,11-12H2,1-4H3,(H,21,22)(H2,18,19,20). The van der Waals surface area contributed by atoms with Gasteiger partial charge in [-0.05, 0) is 37.5 Å². The van der Waals surface area contributed by atoms with E-state index in [4.69, 9.17) is 0 Å². The van der Waals surface area contributed by atoms with Crippen LogP contribution in [0.15, 0.2) is 29.3 Å². The first kappa shape index (κ1) is 18.0. The number of aliphatic imine (C=N–C) groups is 1. The van der Waals surface area contributed by atoms with Crippen molar-refractivity contribution >= 4 is 11.9 Å². The Morgan fingerprint density at radius 2 is 1.86 bits per heavy atom. The molecule has 0 spiro atoms. The molecule has 22 heavy (non-hydrogen) atoms. The second-order valence-electron chi connectivity index (χ2n) is 5.33. The van der Waals surface area contributed by atoms with Crippen molar-refractivity contribution in [3.63, 3.8) is 0 Å². The van der Waals surface area contributed by atoms with E-state index in [0.29, 0.717) is 12.1 Å². The molecular formula is C17H28N4O. The van der Waals surface area contributed by atoms with E-state index >= 15 is 0 Å². The molecule has 1 aromatic carbocycles. The van der Waals surface area contributed by atoms with Gasteiger partial charge in [-0.1, -0.05) is 26.0 Å². The lowest BCUT2D eigenvalue weighted by molar-refractivity contribution is 0.0939. The Balaban J connectivity index is 2.52. The largest absolute Gasteiger partial charge is 0.356 e. The van der Waals surface area contributed by atoms with Crippen molar-refractivity contribution in [3.8, 4) is 0 Å². The second kappa shape index (κ2) is 9.82. The van der Waals surface area contributed by atoms with Gasteiger partial charge in [-0.15, -0.1) is 0 Å². The maximum atomic E-state index is 12.0. The number of rotatable bonds is 7. The lowest BCUT2D eigenvalue weighted by Crippen LogP contribution is -2.37. The number of nitrogens with one attached hydrogen (secondary N) is 3. The fourth-order valence-electron chi connectivity index (χ4n) is 1.83. The smallest absolute Gasteiger partial charge is 0.251 e. The fourth-order valence-corrected chi connectivity index (χ4v) is 1.83. The summed E-state index contributed by atoms with van der Waals surface area (Å²) >= 11 is 0. The normalized spacial score (nSPS) is 12.6. The summed E-state index contributed by atoms with van der Waals surface area (Å²) in [6.07, 6.45) is 1.98. The molecule has 1 amide bonds. The van der Waals surface area contributed by atoms with E-state index in [1.165, 1.54) is 0 Å². The van der Waals surface area contributed by atoms with Gasteiger partial charge >= 0.3 is 0 Å². The summed E-state index contributed by atoms with van der Waals surface area (Å²) in [7, 11) is 1.76. The van der Waals surface area contributed by atoms with Crippen LogP contribution in [0.5, 0.6) is 0 Å². The molecule has 0 fully saturated rings. The van der Waals surface area contributed by atoms with Gasteiger partial charge in [0.2, 0.25) is 0 Å². The molecule has 5 nitrogen and oxygen atoms in total. The zero-order valence-electron chi connectivity index (χ0n) is 14.1. The van der Waals surface area contributed by atoms with Crippen LogP contribution >= 0.6 is 0 Å². The minimum Gasteiger partial charge on any atom is -0.356 e. The maximum Gasteiger partial charge on any atom is 0.251 e. The van der Waals surface area contributed by atoms with Crippen LogP contribution in [-0.2, 0) is 6.54 Å². The third-order valence-corrected chi connectivity index (χ3v) is 3.43. The minimum absolute atomic E-state index is 0.0192. The monoisotopic (exact) mass is 304 g/mol. The predicted octanol–water partition coefficient (Wildman–Crippen LogP) is 2.29. The zero-order chi connectivity index (χ0) is 16.4. The second-order valence-corrected chi connectivity index (χ2v) is 5.33. The topological polar surface area (TPSA) is 65.5 Å². The van der Waals surface area contributed by atoms with Crippen LogP contribution in [0.1, 0.15) is 49.5 Å². The molecule has 0 bridgehead atoms. The predicted molar refractivity (Wildman–Crippen MR) is 92.2 cm³/mol. The van der Waals surface area contributed by atoms with Crippen LogP contribution in [0, 0.1) is 0 Å². The highest BCUT2D eigenvalue weighted by atomic mass is 16.1. The molecule has 122 valence electrons. The van der Waals surface area contributed by atoms with Gasteiger partial charge in [-0.25, -0.2) is 0 Å². The number of benzene rings is 1. The molecule has 1 atom stereocenters. The van der Waals surface area contributed by atoms with E-state index < -0.39 is 0 Å². The summed E-state index contributed by atoms with van der Waals surface area (Å²) in [5, 5.41) is 9.43.